The summed E-state index contributed by atoms with van der Waals surface area (Å²) in [5.41, 5.74) is 2.32. The summed E-state index contributed by atoms with van der Waals surface area (Å²) in [6.07, 6.45) is 0.441. The van der Waals surface area contributed by atoms with Gasteiger partial charge in [-0.05, 0) is 55.7 Å². The number of nitrogens with zero attached hydrogens (tertiary/aromatic N) is 1. The Balaban J connectivity index is 2.14. The number of hydrogen-bond donors (Lipinski definition) is 0. The number of fused-ring (bicyclic) bond motifs is 1. The fraction of sp³-hybridized carbons (Fsp3) is 0.381. The van der Waals surface area contributed by atoms with Crippen molar-refractivity contribution in [2.75, 3.05) is 27.4 Å². The molecule has 1 heterocycles. The van der Waals surface area contributed by atoms with Gasteiger partial charge in [-0.2, -0.15) is 4.31 Å². The first kappa shape index (κ1) is 21.1. The average Bonchev–Trinajstić information content (AvgIpc) is 2.72. The van der Waals surface area contributed by atoms with Crippen LogP contribution >= 0.6 is 0 Å². The van der Waals surface area contributed by atoms with Crippen LogP contribution in [0.25, 0.3) is 0 Å². The molecule has 0 radical (unpaired) electrons. The number of benzene rings is 2. The smallest absolute Gasteiger partial charge is 0.329 e. The highest BCUT2D eigenvalue weighted by Gasteiger charge is 2.42. The maximum atomic E-state index is 13.4. The second-order valence-electron chi connectivity index (χ2n) is 6.74. The van der Waals surface area contributed by atoms with Gasteiger partial charge in [-0.3, -0.25) is 0 Å². The quantitative estimate of drug-likeness (QED) is 0.670. The van der Waals surface area contributed by atoms with E-state index in [1.165, 1.54) is 18.5 Å². The van der Waals surface area contributed by atoms with Crippen LogP contribution in [-0.2, 0) is 26.0 Å². The molecular formula is C21H25NO6S. The van der Waals surface area contributed by atoms with Crippen molar-refractivity contribution in [2.45, 2.75) is 31.2 Å². The molecular weight excluding hydrogens is 394 g/mol. The number of hydrogen-bond acceptors (Lipinski definition) is 6. The van der Waals surface area contributed by atoms with Crippen molar-refractivity contribution in [3.63, 3.8) is 0 Å². The Labute approximate surface area is 171 Å². The molecule has 0 amide bonds. The highest BCUT2D eigenvalue weighted by molar-refractivity contribution is 7.89. The van der Waals surface area contributed by atoms with Crippen molar-refractivity contribution in [1.29, 1.82) is 0 Å². The van der Waals surface area contributed by atoms with Crippen molar-refractivity contribution >= 4 is 16.0 Å². The second kappa shape index (κ2) is 8.42. The normalized spacial score (nSPS) is 16.8. The fourth-order valence-electron chi connectivity index (χ4n) is 3.49. The molecule has 0 fully saturated rings. The maximum Gasteiger partial charge on any atom is 0.329 e. The molecule has 1 unspecified atom stereocenters. The Bertz CT molecular complexity index is 1000. The van der Waals surface area contributed by atoms with Gasteiger partial charge in [0.15, 0.2) is 11.5 Å². The summed E-state index contributed by atoms with van der Waals surface area (Å²) in [7, 11) is -0.884. The third-order valence-electron chi connectivity index (χ3n) is 4.97. The van der Waals surface area contributed by atoms with Gasteiger partial charge < -0.3 is 14.2 Å². The van der Waals surface area contributed by atoms with Crippen LogP contribution in [0.2, 0.25) is 0 Å². The number of rotatable bonds is 6. The van der Waals surface area contributed by atoms with E-state index in [4.69, 9.17) is 14.2 Å². The van der Waals surface area contributed by atoms with Crippen LogP contribution in [0.15, 0.2) is 41.3 Å². The van der Waals surface area contributed by atoms with Crippen molar-refractivity contribution in [3.8, 4) is 11.5 Å². The molecule has 7 nitrogen and oxygen atoms in total. The van der Waals surface area contributed by atoms with E-state index in [1.54, 1.807) is 43.3 Å². The monoisotopic (exact) mass is 419 g/mol. The van der Waals surface area contributed by atoms with Crippen LogP contribution in [0.3, 0.4) is 0 Å². The Kier molecular flexibility index (Phi) is 6.14. The lowest BCUT2D eigenvalue weighted by Gasteiger charge is -2.35. The summed E-state index contributed by atoms with van der Waals surface area (Å²) in [5.74, 6) is 0.343. The van der Waals surface area contributed by atoms with Crippen LogP contribution < -0.4 is 9.47 Å². The lowest BCUT2D eigenvalue weighted by Crippen LogP contribution is -2.44. The summed E-state index contributed by atoms with van der Waals surface area (Å²) in [6.45, 7) is 3.88. The summed E-state index contributed by atoms with van der Waals surface area (Å²) in [4.78, 5) is 13.0. The molecule has 0 aliphatic carbocycles. The van der Waals surface area contributed by atoms with E-state index in [1.807, 2.05) is 6.92 Å². The third-order valence-corrected chi connectivity index (χ3v) is 6.85. The van der Waals surface area contributed by atoms with Crippen molar-refractivity contribution < 1.29 is 27.4 Å². The Morgan fingerprint density at radius 3 is 2.31 bits per heavy atom. The van der Waals surface area contributed by atoms with Gasteiger partial charge in [0.2, 0.25) is 10.0 Å². The standard InChI is InChI=1S/C21H25NO6S/c1-5-28-21(23)20-17-13-19(27-4)18(26-3)12-15(17)10-11-22(20)29(24,25)16-8-6-14(2)7-9-16/h6-9,12-13,20H,5,10-11H2,1-4H3. The molecule has 0 saturated carbocycles. The number of carbonyl (C=O) groups is 1. The topological polar surface area (TPSA) is 82.1 Å². The summed E-state index contributed by atoms with van der Waals surface area (Å²) < 4.78 is 43.9. The largest absolute Gasteiger partial charge is 0.493 e. The van der Waals surface area contributed by atoms with Gasteiger partial charge in [0, 0.05) is 6.54 Å². The molecule has 0 bridgehead atoms. The minimum Gasteiger partial charge on any atom is -0.493 e. The second-order valence-corrected chi connectivity index (χ2v) is 8.63. The first-order chi connectivity index (χ1) is 13.8. The minimum absolute atomic E-state index is 0.140. The van der Waals surface area contributed by atoms with Crippen molar-refractivity contribution in [1.82, 2.24) is 4.31 Å². The van der Waals surface area contributed by atoms with Gasteiger partial charge in [0.1, 0.15) is 6.04 Å². The fourth-order valence-corrected chi connectivity index (χ4v) is 5.05. The molecule has 3 rings (SSSR count). The molecule has 0 spiro atoms. The van der Waals surface area contributed by atoms with Crippen LogP contribution in [0.5, 0.6) is 11.5 Å². The minimum atomic E-state index is -3.91. The zero-order valence-corrected chi connectivity index (χ0v) is 17.8. The van der Waals surface area contributed by atoms with Gasteiger partial charge in [-0.1, -0.05) is 17.7 Å². The molecule has 29 heavy (non-hydrogen) atoms. The summed E-state index contributed by atoms with van der Waals surface area (Å²) in [6, 6.07) is 8.93. The Morgan fingerprint density at radius 1 is 1.10 bits per heavy atom. The first-order valence-electron chi connectivity index (χ1n) is 9.33. The van der Waals surface area contributed by atoms with Crippen LogP contribution in [0.4, 0.5) is 0 Å². The number of esters is 1. The van der Waals surface area contributed by atoms with Gasteiger partial charge in [-0.25, -0.2) is 13.2 Å². The van der Waals surface area contributed by atoms with E-state index in [2.05, 4.69) is 0 Å². The number of aryl methyl sites for hydroxylation is 1. The molecule has 156 valence electrons. The Morgan fingerprint density at radius 2 is 1.72 bits per heavy atom. The molecule has 0 saturated heterocycles. The summed E-state index contributed by atoms with van der Waals surface area (Å²) in [5, 5.41) is 0. The molecule has 2 aromatic carbocycles. The highest BCUT2D eigenvalue weighted by Crippen LogP contribution is 2.40. The molecule has 8 heteroatoms. The zero-order valence-electron chi connectivity index (χ0n) is 17.0. The van der Waals surface area contributed by atoms with Gasteiger partial charge in [-0.15, -0.1) is 0 Å². The predicted molar refractivity (Wildman–Crippen MR) is 108 cm³/mol. The maximum absolute atomic E-state index is 13.4. The number of carbonyl (C=O) groups excluding carboxylic acids is 1. The van der Waals surface area contributed by atoms with Crippen molar-refractivity contribution in [2.24, 2.45) is 0 Å². The molecule has 0 N–H and O–H groups in total. The van der Waals surface area contributed by atoms with Gasteiger partial charge in [0.25, 0.3) is 0 Å². The average molecular weight is 419 g/mol. The number of sulfonamides is 1. The number of ether oxygens (including phenoxy) is 3. The third kappa shape index (κ3) is 3.95. The zero-order chi connectivity index (χ0) is 21.2. The van der Waals surface area contributed by atoms with Crippen LogP contribution in [0.1, 0.15) is 29.7 Å². The molecule has 1 aliphatic heterocycles. The lowest BCUT2D eigenvalue weighted by molar-refractivity contribution is -0.148. The SMILES string of the molecule is CCOC(=O)C1c2cc(OC)c(OC)cc2CCN1S(=O)(=O)c1ccc(C)cc1. The number of methoxy groups -OCH3 is 2. The Hall–Kier alpha value is -2.58. The van der Waals surface area contributed by atoms with Gasteiger partial charge in [0.05, 0.1) is 25.7 Å². The van der Waals surface area contributed by atoms with E-state index >= 15 is 0 Å². The molecule has 0 aromatic heterocycles. The molecule has 2 aromatic rings. The first-order valence-corrected chi connectivity index (χ1v) is 10.8. The molecule has 1 aliphatic rings. The molecule has 1 atom stereocenters. The van der Waals surface area contributed by atoms with Crippen molar-refractivity contribution in [3.05, 3.63) is 53.1 Å². The lowest BCUT2D eigenvalue weighted by atomic mass is 9.93. The van der Waals surface area contributed by atoms with Crippen LogP contribution in [0, 0.1) is 6.92 Å². The highest BCUT2D eigenvalue weighted by atomic mass is 32.2. The van der Waals surface area contributed by atoms with Crippen LogP contribution in [-0.4, -0.2) is 46.1 Å². The van der Waals surface area contributed by atoms with Gasteiger partial charge >= 0.3 is 5.97 Å². The summed E-state index contributed by atoms with van der Waals surface area (Å²) >= 11 is 0. The van der Waals surface area contributed by atoms with E-state index in [9.17, 15) is 13.2 Å². The predicted octanol–water partition coefficient (Wildman–Crippen LogP) is 2.86. The van der Waals surface area contributed by atoms with E-state index in [-0.39, 0.29) is 18.0 Å². The van der Waals surface area contributed by atoms with E-state index in [0.29, 0.717) is 23.5 Å². The van der Waals surface area contributed by atoms with E-state index < -0.39 is 22.0 Å². The van der Waals surface area contributed by atoms with E-state index in [0.717, 1.165) is 11.1 Å².